The maximum absolute atomic E-state index is 2.32. The van der Waals surface area contributed by atoms with Crippen molar-refractivity contribution in [2.75, 3.05) is 37.0 Å². The van der Waals surface area contributed by atoms with E-state index in [0.29, 0.717) is 0 Å². The quantitative estimate of drug-likeness (QED) is 0.781. The second kappa shape index (κ2) is 7.16. The Morgan fingerprint density at radius 1 is 0.619 bits per heavy atom. The second-order valence-corrected chi connectivity index (χ2v) is 5.87. The van der Waals surface area contributed by atoms with E-state index in [4.69, 9.17) is 0 Å². The third-order valence-electron chi connectivity index (χ3n) is 3.94. The predicted molar refractivity (Wildman–Crippen MR) is 93.5 cm³/mol. The number of anilines is 2. The highest BCUT2D eigenvalue weighted by atomic mass is 15.1. The Kier molecular flexibility index (Phi) is 5.26. The summed E-state index contributed by atoms with van der Waals surface area (Å²) < 4.78 is 0. The van der Waals surface area contributed by atoms with Crippen molar-refractivity contribution in [3.63, 3.8) is 0 Å². The van der Waals surface area contributed by atoms with Crippen LogP contribution in [0, 0.1) is 13.8 Å². The summed E-state index contributed by atoms with van der Waals surface area (Å²) in [5.41, 5.74) is 5.20. The Balaban J connectivity index is 1.80. The zero-order chi connectivity index (χ0) is 15.2. The SMILES string of the molecule is Cc1ccc(N(C)CCCN(C)c2ccc(C)cc2)cc1. The lowest BCUT2D eigenvalue weighted by molar-refractivity contribution is 0.763. The predicted octanol–water partition coefficient (Wildman–Crippen LogP) is 4.27. The lowest BCUT2D eigenvalue weighted by Gasteiger charge is -2.23. The van der Waals surface area contributed by atoms with E-state index in [2.05, 4.69) is 86.3 Å². The van der Waals surface area contributed by atoms with Gasteiger partial charge in [0.05, 0.1) is 0 Å². The minimum absolute atomic E-state index is 1.07. The van der Waals surface area contributed by atoms with Gasteiger partial charge < -0.3 is 9.80 Å². The van der Waals surface area contributed by atoms with Gasteiger partial charge in [0.25, 0.3) is 0 Å². The van der Waals surface area contributed by atoms with Gasteiger partial charge in [-0.3, -0.25) is 0 Å². The molecule has 0 aliphatic carbocycles. The average Bonchev–Trinajstić information content (AvgIpc) is 2.48. The van der Waals surface area contributed by atoms with E-state index < -0.39 is 0 Å². The van der Waals surface area contributed by atoms with Gasteiger partial charge in [0.1, 0.15) is 0 Å². The number of benzene rings is 2. The summed E-state index contributed by atoms with van der Waals surface area (Å²) in [6.45, 7) is 6.39. The molecule has 0 bridgehead atoms. The van der Waals surface area contributed by atoms with E-state index >= 15 is 0 Å². The molecule has 0 heterocycles. The molecule has 0 saturated carbocycles. The van der Waals surface area contributed by atoms with Gasteiger partial charge in [-0.2, -0.15) is 0 Å². The molecule has 2 heteroatoms. The van der Waals surface area contributed by atoms with Crippen LogP contribution in [0.1, 0.15) is 17.5 Å². The van der Waals surface area contributed by atoms with Crippen LogP contribution in [0.3, 0.4) is 0 Å². The molecule has 2 rings (SSSR count). The van der Waals surface area contributed by atoms with Crippen LogP contribution in [0.25, 0.3) is 0 Å². The summed E-state index contributed by atoms with van der Waals surface area (Å²) >= 11 is 0. The Morgan fingerprint density at radius 2 is 0.952 bits per heavy atom. The maximum atomic E-state index is 2.32. The molecule has 0 fully saturated rings. The molecule has 0 spiro atoms. The zero-order valence-electron chi connectivity index (χ0n) is 13.6. The van der Waals surface area contributed by atoms with E-state index in [1.54, 1.807) is 0 Å². The first-order valence-corrected chi connectivity index (χ1v) is 7.62. The van der Waals surface area contributed by atoms with Gasteiger partial charge >= 0.3 is 0 Å². The van der Waals surface area contributed by atoms with Gasteiger partial charge in [0.2, 0.25) is 0 Å². The summed E-state index contributed by atoms with van der Waals surface area (Å²) in [6.07, 6.45) is 1.15. The van der Waals surface area contributed by atoms with Gasteiger partial charge in [-0.1, -0.05) is 35.4 Å². The summed E-state index contributed by atoms with van der Waals surface area (Å²) in [5.74, 6) is 0. The maximum Gasteiger partial charge on any atom is 0.0363 e. The van der Waals surface area contributed by atoms with Crippen LogP contribution < -0.4 is 9.80 Å². The Morgan fingerprint density at radius 3 is 1.29 bits per heavy atom. The van der Waals surface area contributed by atoms with Gasteiger partial charge in [-0.05, 0) is 44.5 Å². The molecular formula is C19H26N2. The fourth-order valence-corrected chi connectivity index (χ4v) is 2.40. The highest BCUT2D eigenvalue weighted by Crippen LogP contribution is 2.15. The molecule has 0 amide bonds. The van der Waals surface area contributed by atoms with Crippen molar-refractivity contribution < 1.29 is 0 Å². The smallest absolute Gasteiger partial charge is 0.0363 e. The van der Waals surface area contributed by atoms with Crippen LogP contribution in [0.5, 0.6) is 0 Å². The largest absolute Gasteiger partial charge is 0.375 e. The highest BCUT2D eigenvalue weighted by molar-refractivity contribution is 5.48. The Hall–Kier alpha value is -1.96. The fourth-order valence-electron chi connectivity index (χ4n) is 2.40. The molecule has 2 aromatic rings. The van der Waals surface area contributed by atoms with Crippen molar-refractivity contribution in [2.45, 2.75) is 20.3 Å². The topological polar surface area (TPSA) is 6.48 Å². The molecule has 0 unspecified atom stereocenters. The molecule has 112 valence electrons. The monoisotopic (exact) mass is 282 g/mol. The van der Waals surface area contributed by atoms with Crippen molar-refractivity contribution in [3.8, 4) is 0 Å². The Bertz CT molecular complexity index is 491. The molecule has 0 radical (unpaired) electrons. The highest BCUT2D eigenvalue weighted by Gasteiger charge is 2.03. The molecule has 0 aliphatic heterocycles. The molecule has 21 heavy (non-hydrogen) atoms. The van der Waals surface area contributed by atoms with Crippen LogP contribution in [0.2, 0.25) is 0 Å². The Labute approximate surface area is 129 Å². The van der Waals surface area contributed by atoms with Crippen molar-refractivity contribution >= 4 is 11.4 Å². The number of rotatable bonds is 6. The first kappa shape index (κ1) is 15.4. The summed E-state index contributed by atoms with van der Waals surface area (Å²) in [4.78, 5) is 4.64. The van der Waals surface area contributed by atoms with E-state index in [-0.39, 0.29) is 0 Å². The third kappa shape index (κ3) is 4.52. The van der Waals surface area contributed by atoms with Crippen LogP contribution in [0.4, 0.5) is 11.4 Å². The first-order valence-electron chi connectivity index (χ1n) is 7.62. The summed E-state index contributed by atoms with van der Waals surface area (Å²) in [7, 11) is 4.33. The number of hydrogen-bond acceptors (Lipinski definition) is 2. The van der Waals surface area contributed by atoms with E-state index in [1.807, 2.05) is 0 Å². The number of aryl methyl sites for hydroxylation is 2. The zero-order valence-corrected chi connectivity index (χ0v) is 13.6. The van der Waals surface area contributed by atoms with Crippen LogP contribution in [0.15, 0.2) is 48.5 Å². The lowest BCUT2D eigenvalue weighted by Crippen LogP contribution is -2.25. The molecule has 2 nitrogen and oxygen atoms in total. The summed E-state index contributed by atoms with van der Waals surface area (Å²) in [5, 5.41) is 0. The van der Waals surface area contributed by atoms with E-state index in [1.165, 1.54) is 22.5 Å². The molecule has 0 aromatic heterocycles. The third-order valence-corrected chi connectivity index (χ3v) is 3.94. The van der Waals surface area contributed by atoms with Gasteiger partial charge in [0.15, 0.2) is 0 Å². The molecule has 0 atom stereocenters. The minimum atomic E-state index is 1.07. The number of nitrogens with zero attached hydrogens (tertiary/aromatic N) is 2. The van der Waals surface area contributed by atoms with Crippen molar-refractivity contribution in [2.24, 2.45) is 0 Å². The molecule has 0 saturated heterocycles. The molecular weight excluding hydrogens is 256 g/mol. The van der Waals surface area contributed by atoms with Crippen molar-refractivity contribution in [1.29, 1.82) is 0 Å². The lowest BCUT2D eigenvalue weighted by atomic mass is 10.2. The molecule has 0 aliphatic rings. The summed E-state index contributed by atoms with van der Waals surface area (Å²) in [6, 6.07) is 17.5. The van der Waals surface area contributed by atoms with E-state index in [9.17, 15) is 0 Å². The van der Waals surface area contributed by atoms with Gasteiger partial charge in [-0.25, -0.2) is 0 Å². The molecule has 2 aromatic carbocycles. The second-order valence-electron chi connectivity index (χ2n) is 5.87. The average molecular weight is 282 g/mol. The first-order chi connectivity index (χ1) is 10.1. The fraction of sp³-hybridized carbons (Fsp3) is 0.368. The minimum Gasteiger partial charge on any atom is -0.375 e. The van der Waals surface area contributed by atoms with E-state index in [0.717, 1.165) is 19.5 Å². The standard InChI is InChI=1S/C19H26N2/c1-16-6-10-18(11-7-16)20(3)14-5-15-21(4)19-12-8-17(2)9-13-19/h6-13H,5,14-15H2,1-4H3. The van der Waals surface area contributed by atoms with Crippen LogP contribution in [-0.2, 0) is 0 Å². The van der Waals surface area contributed by atoms with Crippen molar-refractivity contribution in [3.05, 3.63) is 59.7 Å². The molecule has 0 N–H and O–H groups in total. The van der Waals surface area contributed by atoms with Crippen molar-refractivity contribution in [1.82, 2.24) is 0 Å². The van der Waals surface area contributed by atoms with Crippen LogP contribution in [-0.4, -0.2) is 27.2 Å². The van der Waals surface area contributed by atoms with Crippen LogP contribution >= 0.6 is 0 Å². The van der Waals surface area contributed by atoms with Gasteiger partial charge in [0, 0.05) is 38.6 Å². The number of hydrogen-bond donors (Lipinski definition) is 0. The normalized spacial score (nSPS) is 10.5. The van der Waals surface area contributed by atoms with Gasteiger partial charge in [-0.15, -0.1) is 0 Å².